The van der Waals surface area contributed by atoms with Crippen LogP contribution in [0.1, 0.15) is 46.1 Å². The van der Waals surface area contributed by atoms with Crippen molar-refractivity contribution in [3.05, 3.63) is 29.8 Å². The minimum absolute atomic E-state index is 0.0613. The number of benzene rings is 1. The van der Waals surface area contributed by atoms with Crippen molar-refractivity contribution in [2.24, 2.45) is 5.92 Å². The Kier molecular flexibility index (Phi) is 6.40. The van der Waals surface area contributed by atoms with E-state index in [-0.39, 0.29) is 18.4 Å². The smallest absolute Gasteiger partial charge is 0.240 e. The molecule has 0 fully saturated rings. The van der Waals surface area contributed by atoms with Gasteiger partial charge in [-0.15, -0.1) is 0 Å². The highest BCUT2D eigenvalue weighted by molar-refractivity contribution is 5.98. The minimum Gasteiger partial charge on any atom is -0.354 e. The first kappa shape index (κ1) is 17.2. The molecular formula is C17H26N2O2. The molecule has 0 aliphatic rings. The molecule has 21 heavy (non-hydrogen) atoms. The van der Waals surface area contributed by atoms with Gasteiger partial charge < -0.3 is 10.2 Å². The molecule has 1 N–H and O–H groups in total. The monoisotopic (exact) mass is 290 g/mol. The third kappa shape index (κ3) is 5.21. The van der Waals surface area contributed by atoms with Gasteiger partial charge in [0.25, 0.3) is 0 Å². The van der Waals surface area contributed by atoms with E-state index in [9.17, 15) is 9.59 Å². The van der Waals surface area contributed by atoms with Crippen molar-refractivity contribution in [3.63, 3.8) is 0 Å². The van der Waals surface area contributed by atoms with Gasteiger partial charge in [-0.3, -0.25) is 9.59 Å². The molecule has 0 heterocycles. The lowest BCUT2D eigenvalue weighted by molar-refractivity contribution is -0.123. The van der Waals surface area contributed by atoms with Crippen LogP contribution in [0.4, 0.5) is 5.69 Å². The average Bonchev–Trinajstić information content (AvgIpc) is 2.42. The molecule has 0 radical (unpaired) electrons. The number of hydrogen-bond donors (Lipinski definition) is 1. The van der Waals surface area contributed by atoms with Crippen molar-refractivity contribution in [2.75, 3.05) is 18.0 Å². The number of hydrogen-bond acceptors (Lipinski definition) is 2. The van der Waals surface area contributed by atoms with Crippen molar-refractivity contribution in [1.82, 2.24) is 5.32 Å². The first-order chi connectivity index (χ1) is 9.82. The molecule has 2 amide bonds. The highest BCUT2D eigenvalue weighted by Gasteiger charge is 2.19. The third-order valence-electron chi connectivity index (χ3n) is 3.24. The summed E-state index contributed by atoms with van der Waals surface area (Å²) >= 11 is 0. The zero-order chi connectivity index (χ0) is 16.0. The van der Waals surface area contributed by atoms with Crippen molar-refractivity contribution >= 4 is 17.5 Å². The van der Waals surface area contributed by atoms with Gasteiger partial charge in [0.2, 0.25) is 11.8 Å². The lowest BCUT2D eigenvalue weighted by atomic mass is 10.0. The highest BCUT2D eigenvalue weighted by atomic mass is 16.2. The number of nitrogens with one attached hydrogen (secondary N) is 1. The largest absolute Gasteiger partial charge is 0.354 e. The van der Waals surface area contributed by atoms with Crippen LogP contribution in [0, 0.1) is 5.92 Å². The maximum atomic E-state index is 12.0. The molecule has 1 rings (SSSR count). The summed E-state index contributed by atoms with van der Waals surface area (Å²) in [6.45, 7) is 10.4. The first-order valence-electron chi connectivity index (χ1n) is 7.46. The van der Waals surface area contributed by atoms with Crippen LogP contribution in [-0.2, 0) is 9.59 Å². The fraction of sp³-hybridized carbons (Fsp3) is 0.529. The van der Waals surface area contributed by atoms with Gasteiger partial charge >= 0.3 is 0 Å². The Morgan fingerprint density at radius 1 is 1.14 bits per heavy atom. The molecule has 0 spiro atoms. The summed E-state index contributed by atoms with van der Waals surface area (Å²) in [5, 5.41) is 2.85. The number of anilines is 1. The van der Waals surface area contributed by atoms with Crippen molar-refractivity contribution < 1.29 is 9.59 Å². The molecule has 116 valence electrons. The van der Waals surface area contributed by atoms with Crippen molar-refractivity contribution in [1.29, 1.82) is 0 Å². The zero-order valence-electron chi connectivity index (χ0n) is 13.6. The van der Waals surface area contributed by atoms with Crippen LogP contribution in [0.2, 0.25) is 0 Å². The van der Waals surface area contributed by atoms with E-state index in [0.717, 1.165) is 11.3 Å². The summed E-state index contributed by atoms with van der Waals surface area (Å²) in [7, 11) is 0. The number of amides is 2. The maximum absolute atomic E-state index is 12.0. The second-order valence-corrected chi connectivity index (χ2v) is 6.02. The lowest BCUT2D eigenvalue weighted by Gasteiger charge is -2.25. The molecule has 1 aromatic rings. The van der Waals surface area contributed by atoms with Gasteiger partial charge in [0.15, 0.2) is 0 Å². The standard InChI is InChI=1S/C17H26N2O2/c1-12(2)10-18-17(21)11-19(14(5)20)16-9-7-6-8-15(16)13(3)4/h6-9,12-13H,10-11H2,1-5H3,(H,18,21). The normalized spacial score (nSPS) is 10.8. The Bertz CT molecular complexity index is 495. The van der Waals surface area contributed by atoms with Crippen LogP contribution in [0.5, 0.6) is 0 Å². The van der Waals surface area contributed by atoms with E-state index in [0.29, 0.717) is 18.4 Å². The number of carbonyl (C=O) groups excluding carboxylic acids is 2. The second kappa shape index (κ2) is 7.81. The van der Waals surface area contributed by atoms with E-state index in [1.807, 2.05) is 38.1 Å². The number of rotatable bonds is 6. The van der Waals surface area contributed by atoms with Gasteiger partial charge in [-0.25, -0.2) is 0 Å². The van der Waals surface area contributed by atoms with Gasteiger partial charge in [-0.05, 0) is 23.5 Å². The summed E-state index contributed by atoms with van der Waals surface area (Å²) in [6, 6.07) is 7.74. The minimum atomic E-state index is -0.127. The van der Waals surface area contributed by atoms with Crippen LogP contribution in [0.3, 0.4) is 0 Å². The number of para-hydroxylation sites is 1. The maximum Gasteiger partial charge on any atom is 0.240 e. The van der Waals surface area contributed by atoms with Gasteiger partial charge in [0.05, 0.1) is 0 Å². The molecule has 0 atom stereocenters. The Labute approximate surface area is 127 Å². The molecule has 0 bridgehead atoms. The Morgan fingerprint density at radius 2 is 1.76 bits per heavy atom. The molecule has 1 aromatic carbocycles. The summed E-state index contributed by atoms with van der Waals surface area (Å²) in [4.78, 5) is 25.5. The van der Waals surface area contributed by atoms with Crippen LogP contribution >= 0.6 is 0 Å². The fourth-order valence-corrected chi connectivity index (χ4v) is 2.11. The Hall–Kier alpha value is -1.84. The fourth-order valence-electron chi connectivity index (χ4n) is 2.11. The SMILES string of the molecule is CC(=O)N(CC(=O)NCC(C)C)c1ccccc1C(C)C. The van der Waals surface area contributed by atoms with Gasteiger partial charge in [0, 0.05) is 19.2 Å². The van der Waals surface area contributed by atoms with E-state index in [2.05, 4.69) is 19.2 Å². The predicted octanol–water partition coefficient (Wildman–Crippen LogP) is 2.94. The van der Waals surface area contributed by atoms with Gasteiger partial charge in [-0.2, -0.15) is 0 Å². The van der Waals surface area contributed by atoms with Gasteiger partial charge in [0.1, 0.15) is 6.54 Å². The molecule has 0 saturated carbocycles. The second-order valence-electron chi connectivity index (χ2n) is 6.02. The average molecular weight is 290 g/mol. The van der Waals surface area contributed by atoms with Gasteiger partial charge in [-0.1, -0.05) is 45.9 Å². The summed E-state index contributed by atoms with van der Waals surface area (Å²) in [5.41, 5.74) is 1.89. The number of carbonyl (C=O) groups is 2. The zero-order valence-corrected chi connectivity index (χ0v) is 13.6. The predicted molar refractivity (Wildman–Crippen MR) is 86.4 cm³/mol. The van der Waals surface area contributed by atoms with Crippen LogP contribution < -0.4 is 10.2 Å². The summed E-state index contributed by atoms with van der Waals surface area (Å²) < 4.78 is 0. The molecule has 0 aromatic heterocycles. The quantitative estimate of drug-likeness (QED) is 0.875. The molecular weight excluding hydrogens is 264 g/mol. The first-order valence-corrected chi connectivity index (χ1v) is 7.46. The lowest BCUT2D eigenvalue weighted by Crippen LogP contribution is -2.41. The van der Waals surface area contributed by atoms with E-state index < -0.39 is 0 Å². The van der Waals surface area contributed by atoms with Crippen molar-refractivity contribution in [2.45, 2.75) is 40.5 Å². The summed E-state index contributed by atoms with van der Waals surface area (Å²) in [6.07, 6.45) is 0. The van der Waals surface area contributed by atoms with Crippen LogP contribution in [0.25, 0.3) is 0 Å². The van der Waals surface area contributed by atoms with E-state index in [1.165, 1.54) is 6.92 Å². The molecule has 0 aliphatic carbocycles. The molecule has 0 unspecified atom stereocenters. The van der Waals surface area contributed by atoms with Crippen LogP contribution in [-0.4, -0.2) is 24.9 Å². The molecule has 0 aliphatic heterocycles. The highest BCUT2D eigenvalue weighted by Crippen LogP contribution is 2.27. The number of nitrogens with zero attached hydrogens (tertiary/aromatic N) is 1. The Morgan fingerprint density at radius 3 is 2.29 bits per heavy atom. The molecule has 4 nitrogen and oxygen atoms in total. The molecule has 4 heteroatoms. The van der Waals surface area contributed by atoms with Crippen LogP contribution in [0.15, 0.2) is 24.3 Å². The topological polar surface area (TPSA) is 49.4 Å². The Balaban J connectivity index is 2.93. The van der Waals surface area contributed by atoms with E-state index >= 15 is 0 Å². The third-order valence-corrected chi connectivity index (χ3v) is 3.24. The van der Waals surface area contributed by atoms with E-state index in [1.54, 1.807) is 4.90 Å². The van der Waals surface area contributed by atoms with Crippen molar-refractivity contribution in [3.8, 4) is 0 Å². The summed E-state index contributed by atoms with van der Waals surface area (Å²) in [5.74, 6) is 0.435. The molecule has 0 saturated heterocycles. The van der Waals surface area contributed by atoms with E-state index in [4.69, 9.17) is 0 Å².